The average Bonchev–Trinajstić information content (AvgIpc) is 3.16. The van der Waals surface area contributed by atoms with Crippen LogP contribution in [0.1, 0.15) is 73.1 Å². The summed E-state index contributed by atoms with van der Waals surface area (Å²) in [4.78, 5) is 65.8. The molecule has 10 nitrogen and oxygen atoms in total. The molecular weight excluding hydrogens is 533 g/mol. The number of hydrogen-bond donors (Lipinski definition) is 3. The number of carbonyl (C=O) groups excluding carboxylic acids is 5. The van der Waals surface area contributed by atoms with Crippen molar-refractivity contribution in [3.8, 4) is 0 Å². The third-order valence-electron chi connectivity index (χ3n) is 8.34. The Labute approximate surface area is 232 Å². The van der Waals surface area contributed by atoms with E-state index in [1.165, 1.54) is 4.90 Å². The number of carbonyl (C=O) groups is 5. The van der Waals surface area contributed by atoms with Gasteiger partial charge in [0.2, 0.25) is 17.6 Å². The summed E-state index contributed by atoms with van der Waals surface area (Å²) in [5.41, 5.74) is -1.17. The van der Waals surface area contributed by atoms with E-state index in [0.29, 0.717) is 12.8 Å². The first kappa shape index (κ1) is 31.7. The number of nitrogens with one attached hydrogen (secondary N) is 3. The Bertz CT molecular complexity index is 1020. The quantitative estimate of drug-likeness (QED) is 0.382. The Morgan fingerprint density at radius 3 is 2.12 bits per heavy atom. The molecule has 1 aliphatic heterocycles. The Balaban J connectivity index is 1.88. The first-order valence-electron chi connectivity index (χ1n) is 13.8. The molecule has 3 unspecified atom stereocenters. The van der Waals surface area contributed by atoms with Crippen molar-refractivity contribution in [2.45, 2.75) is 103 Å². The summed E-state index contributed by atoms with van der Waals surface area (Å²) in [5.74, 6) is -4.78. The molecule has 0 aromatic rings. The van der Waals surface area contributed by atoms with Gasteiger partial charge in [-0.25, -0.2) is 4.79 Å². The fourth-order valence-electron chi connectivity index (χ4n) is 6.25. The Morgan fingerprint density at radius 2 is 1.60 bits per heavy atom. The number of hydrogen-bond acceptors (Lipinski definition) is 6. The van der Waals surface area contributed by atoms with E-state index >= 15 is 0 Å². The zero-order chi connectivity index (χ0) is 30.2. The number of fused-ring (bicyclic) bond motifs is 1. The number of ether oxygens (including phenoxy) is 1. The third kappa shape index (κ3) is 7.25. The minimum Gasteiger partial charge on any atom is -0.444 e. The molecule has 3 N–H and O–H groups in total. The average molecular weight is 575 g/mol. The number of amides is 4. The van der Waals surface area contributed by atoms with Gasteiger partial charge in [-0.15, -0.1) is 0 Å². The van der Waals surface area contributed by atoms with Crippen LogP contribution in [-0.4, -0.2) is 78.0 Å². The van der Waals surface area contributed by atoms with Gasteiger partial charge in [0.1, 0.15) is 23.7 Å². The molecule has 2 aliphatic carbocycles. The number of alkyl halides is 3. The molecule has 226 valence electrons. The maximum Gasteiger partial charge on any atom is 0.408 e. The molecule has 40 heavy (non-hydrogen) atoms. The second-order valence-corrected chi connectivity index (χ2v) is 12.7. The molecule has 3 aliphatic rings. The summed E-state index contributed by atoms with van der Waals surface area (Å²) in [5, 5.41) is 6.82. The van der Waals surface area contributed by atoms with Gasteiger partial charge in [-0.2, -0.15) is 13.2 Å². The topological polar surface area (TPSA) is 134 Å². The van der Waals surface area contributed by atoms with Gasteiger partial charge < -0.3 is 25.6 Å². The molecule has 0 aromatic carbocycles. The van der Waals surface area contributed by atoms with Crippen LogP contribution in [0.3, 0.4) is 0 Å². The minimum absolute atomic E-state index is 0.0866. The van der Waals surface area contributed by atoms with E-state index in [0.717, 1.165) is 26.3 Å². The fourth-order valence-corrected chi connectivity index (χ4v) is 6.25. The zero-order valence-electron chi connectivity index (χ0n) is 23.9. The summed E-state index contributed by atoms with van der Waals surface area (Å²) in [6, 6.07) is -4.28. The van der Waals surface area contributed by atoms with E-state index in [4.69, 9.17) is 4.74 Å². The van der Waals surface area contributed by atoms with Crippen molar-refractivity contribution in [1.29, 1.82) is 0 Å². The highest BCUT2D eigenvalue weighted by Gasteiger charge is 2.70. The van der Waals surface area contributed by atoms with Crippen molar-refractivity contribution in [3.05, 3.63) is 0 Å². The predicted molar refractivity (Wildman–Crippen MR) is 138 cm³/mol. The predicted octanol–water partition coefficient (Wildman–Crippen LogP) is 2.70. The van der Waals surface area contributed by atoms with Gasteiger partial charge >= 0.3 is 12.3 Å². The van der Waals surface area contributed by atoms with E-state index in [2.05, 4.69) is 10.6 Å². The Morgan fingerprint density at radius 1 is 1.00 bits per heavy atom. The van der Waals surface area contributed by atoms with E-state index in [9.17, 15) is 37.1 Å². The van der Waals surface area contributed by atoms with Gasteiger partial charge in [0.15, 0.2) is 0 Å². The highest BCUT2D eigenvalue weighted by atomic mass is 19.4. The summed E-state index contributed by atoms with van der Waals surface area (Å²) < 4.78 is 45.2. The molecule has 3 fully saturated rings. The first-order chi connectivity index (χ1) is 18.4. The van der Waals surface area contributed by atoms with Gasteiger partial charge in [-0.05, 0) is 56.8 Å². The van der Waals surface area contributed by atoms with E-state index < -0.39 is 65.9 Å². The van der Waals surface area contributed by atoms with Crippen LogP contribution in [0.15, 0.2) is 0 Å². The van der Waals surface area contributed by atoms with E-state index in [-0.39, 0.29) is 29.7 Å². The molecule has 5 atom stereocenters. The highest BCUT2D eigenvalue weighted by molar-refractivity contribution is 6.38. The van der Waals surface area contributed by atoms with Crippen LogP contribution in [0.4, 0.5) is 18.0 Å². The molecule has 0 aromatic heterocycles. The third-order valence-corrected chi connectivity index (χ3v) is 8.34. The molecular formula is C27H41F3N4O6. The Kier molecular flexibility index (Phi) is 9.15. The van der Waals surface area contributed by atoms with Crippen molar-refractivity contribution < 1.29 is 41.9 Å². The van der Waals surface area contributed by atoms with Crippen molar-refractivity contribution in [2.24, 2.45) is 23.2 Å². The van der Waals surface area contributed by atoms with Crippen LogP contribution in [0.25, 0.3) is 0 Å². The number of Topliss-reactive ketones (excluding diaryl/α,β-unsaturated/α-hetero) is 1. The van der Waals surface area contributed by atoms with Crippen LogP contribution >= 0.6 is 0 Å². The number of rotatable bonds is 8. The lowest BCUT2D eigenvalue weighted by molar-refractivity contribution is -0.155. The smallest absolute Gasteiger partial charge is 0.408 e. The van der Waals surface area contributed by atoms with Crippen molar-refractivity contribution >= 4 is 29.6 Å². The summed E-state index contributed by atoms with van der Waals surface area (Å²) >= 11 is 0. The van der Waals surface area contributed by atoms with Crippen LogP contribution in [0.5, 0.6) is 0 Å². The van der Waals surface area contributed by atoms with Crippen LogP contribution in [0.2, 0.25) is 0 Å². The first-order valence-corrected chi connectivity index (χ1v) is 13.8. The molecule has 1 heterocycles. The van der Waals surface area contributed by atoms with Crippen LogP contribution in [-0.2, 0) is 23.9 Å². The maximum atomic E-state index is 14.0. The number of likely N-dealkylation sites (tertiary alicyclic amines) is 1. The van der Waals surface area contributed by atoms with Gasteiger partial charge in [0.05, 0.1) is 6.42 Å². The number of halogens is 3. The highest BCUT2D eigenvalue weighted by Crippen LogP contribution is 2.65. The minimum atomic E-state index is -4.84. The summed E-state index contributed by atoms with van der Waals surface area (Å²) in [7, 11) is 1.10. The number of likely N-dealkylation sites (N-methyl/N-ethyl adjacent to an activating group) is 1. The second-order valence-electron chi connectivity index (χ2n) is 12.7. The van der Waals surface area contributed by atoms with Gasteiger partial charge in [0.25, 0.3) is 5.91 Å². The van der Waals surface area contributed by atoms with Crippen LogP contribution < -0.4 is 16.0 Å². The van der Waals surface area contributed by atoms with Crippen molar-refractivity contribution in [1.82, 2.24) is 20.9 Å². The zero-order valence-corrected chi connectivity index (χ0v) is 23.9. The van der Waals surface area contributed by atoms with Crippen molar-refractivity contribution in [2.75, 3.05) is 13.6 Å². The van der Waals surface area contributed by atoms with Crippen molar-refractivity contribution in [3.63, 3.8) is 0 Å². The molecule has 0 bridgehead atoms. The molecule has 0 radical (unpaired) electrons. The molecule has 1 saturated heterocycles. The number of alkyl carbamates (subject to hydrolysis) is 1. The number of nitrogens with zero attached hydrogens (tertiary/aromatic N) is 1. The normalized spacial score (nSPS) is 25.7. The monoisotopic (exact) mass is 574 g/mol. The lowest BCUT2D eigenvalue weighted by Crippen LogP contribution is -2.60. The standard InChI is InChI=1S/C27H41F3N4O6/c1-25(2,3)40-24(39)33-18(14-10-8-7-9-11-14)23(38)34-13-15-17(26(15,4)5)19(34)21(36)32-16(12-27(28,29)30)20(35)22(37)31-6/h14-19H,7-13H2,1-6H3,(H,31,37)(H,32,36)(H,33,39)/t15?,16?,17?,18-,19-/m0/s1. The summed E-state index contributed by atoms with van der Waals surface area (Å²) in [6.07, 6.45) is -3.24. The number of piperidine rings is 1. The molecule has 3 rings (SSSR count). The summed E-state index contributed by atoms with van der Waals surface area (Å²) in [6.45, 7) is 9.07. The SMILES string of the molecule is CNC(=O)C(=O)C(CC(F)(F)F)NC(=O)[C@@H]1C2C(CN1C(=O)[C@@H](NC(=O)OC(C)(C)C)C1CCCCC1)C2(C)C. The Hall–Kier alpha value is -2.86. The molecule has 4 amide bonds. The molecule has 0 spiro atoms. The molecule has 2 saturated carbocycles. The van der Waals surface area contributed by atoms with E-state index in [1.54, 1.807) is 20.8 Å². The van der Waals surface area contributed by atoms with Crippen LogP contribution in [0, 0.1) is 23.2 Å². The second kappa shape index (κ2) is 11.6. The number of ketones is 1. The fraction of sp³-hybridized carbons (Fsp3) is 0.815. The maximum absolute atomic E-state index is 14.0. The lowest BCUT2D eigenvalue weighted by atomic mass is 9.83. The lowest BCUT2D eigenvalue weighted by Gasteiger charge is -2.37. The van der Waals surface area contributed by atoms with Gasteiger partial charge in [0, 0.05) is 13.6 Å². The van der Waals surface area contributed by atoms with Gasteiger partial charge in [-0.3, -0.25) is 19.2 Å². The molecule has 13 heteroatoms. The largest absolute Gasteiger partial charge is 0.444 e. The van der Waals surface area contributed by atoms with E-state index in [1.807, 2.05) is 19.2 Å². The van der Waals surface area contributed by atoms with Gasteiger partial charge in [-0.1, -0.05) is 33.1 Å².